The monoisotopic (exact) mass is 480 g/mol. The van der Waals surface area contributed by atoms with E-state index in [4.69, 9.17) is 5.73 Å². The van der Waals surface area contributed by atoms with Crippen molar-refractivity contribution in [3.8, 4) is 16.8 Å². The van der Waals surface area contributed by atoms with E-state index in [1.807, 2.05) is 19.1 Å². The second-order valence-corrected chi connectivity index (χ2v) is 9.63. The number of aliphatic hydroxyl groups is 1. The predicted molar refractivity (Wildman–Crippen MR) is 142 cm³/mol. The Morgan fingerprint density at radius 3 is 2.08 bits per heavy atom. The van der Waals surface area contributed by atoms with Crippen LogP contribution in [0.2, 0.25) is 0 Å². The quantitative estimate of drug-likeness (QED) is 0.389. The van der Waals surface area contributed by atoms with E-state index in [-0.39, 0.29) is 12.3 Å². The summed E-state index contributed by atoms with van der Waals surface area (Å²) < 4.78 is 1.74. The molecule has 36 heavy (non-hydrogen) atoms. The van der Waals surface area contributed by atoms with E-state index in [0.717, 1.165) is 37.3 Å². The van der Waals surface area contributed by atoms with E-state index in [1.54, 1.807) is 10.7 Å². The van der Waals surface area contributed by atoms with Crippen LogP contribution in [0.4, 0.5) is 0 Å². The third-order valence-electron chi connectivity index (χ3n) is 7.07. The summed E-state index contributed by atoms with van der Waals surface area (Å²) in [6.45, 7) is 4.12. The molecule has 0 aliphatic carbocycles. The molecule has 1 aliphatic rings. The molecule has 3 N–H and O–H groups in total. The Morgan fingerprint density at radius 2 is 1.53 bits per heavy atom. The van der Waals surface area contributed by atoms with Crippen molar-refractivity contribution in [3.05, 3.63) is 107 Å². The number of hydrogen-bond donors (Lipinski definition) is 2. The number of hydrogen-bond acceptors (Lipinski definition) is 4. The third kappa shape index (κ3) is 5.25. The summed E-state index contributed by atoms with van der Waals surface area (Å²) in [5, 5.41) is 13.8. The molecule has 1 saturated heterocycles. The molecule has 1 aliphatic heterocycles. The number of aliphatic hydroxyl groups excluding tert-OH is 1. The molecule has 3 aromatic carbocycles. The number of carbonyl (C=O) groups excluding carboxylic acids is 1. The van der Waals surface area contributed by atoms with Gasteiger partial charge in [-0.1, -0.05) is 60.7 Å². The molecule has 1 atom stereocenters. The lowest BCUT2D eigenvalue weighted by molar-refractivity contribution is 0.0995. The number of likely N-dealkylation sites (tertiary alicyclic amines) is 1. The van der Waals surface area contributed by atoms with Crippen LogP contribution >= 0.6 is 0 Å². The van der Waals surface area contributed by atoms with Crippen LogP contribution in [0.3, 0.4) is 0 Å². The van der Waals surface area contributed by atoms with Gasteiger partial charge in [0.2, 0.25) is 0 Å². The van der Waals surface area contributed by atoms with Crippen molar-refractivity contribution in [1.29, 1.82) is 0 Å². The molecule has 184 valence electrons. The van der Waals surface area contributed by atoms with E-state index < -0.39 is 5.91 Å². The molecule has 1 fully saturated rings. The Morgan fingerprint density at radius 1 is 0.944 bits per heavy atom. The topological polar surface area (TPSA) is 84.4 Å². The molecule has 0 spiro atoms. The number of amides is 1. The third-order valence-corrected chi connectivity index (χ3v) is 7.07. The van der Waals surface area contributed by atoms with Gasteiger partial charge in [-0.2, -0.15) is 5.10 Å². The Hall–Kier alpha value is -3.74. The second kappa shape index (κ2) is 10.5. The van der Waals surface area contributed by atoms with E-state index in [2.05, 4.69) is 70.7 Å². The van der Waals surface area contributed by atoms with Crippen molar-refractivity contribution in [2.24, 2.45) is 5.73 Å². The first kappa shape index (κ1) is 24.0. The van der Waals surface area contributed by atoms with Gasteiger partial charge in [0, 0.05) is 18.3 Å². The maximum absolute atomic E-state index is 11.4. The lowest BCUT2D eigenvalue weighted by Gasteiger charge is -2.22. The zero-order chi connectivity index (χ0) is 25.1. The van der Waals surface area contributed by atoms with Gasteiger partial charge in [-0.15, -0.1) is 0 Å². The summed E-state index contributed by atoms with van der Waals surface area (Å²) >= 11 is 0. The van der Waals surface area contributed by atoms with Gasteiger partial charge < -0.3 is 10.8 Å². The van der Waals surface area contributed by atoms with Crippen LogP contribution in [0.15, 0.2) is 78.9 Å². The Balaban J connectivity index is 1.22. The minimum Gasteiger partial charge on any atom is -0.395 e. The van der Waals surface area contributed by atoms with Crippen LogP contribution in [0.25, 0.3) is 16.8 Å². The fourth-order valence-electron chi connectivity index (χ4n) is 5.01. The number of rotatable bonds is 8. The van der Waals surface area contributed by atoms with Gasteiger partial charge in [0.15, 0.2) is 5.69 Å². The number of carbonyl (C=O) groups is 1. The van der Waals surface area contributed by atoms with Crippen molar-refractivity contribution < 1.29 is 9.90 Å². The average molecular weight is 481 g/mol. The second-order valence-electron chi connectivity index (χ2n) is 9.63. The fraction of sp³-hybridized carbons (Fsp3) is 0.267. The minimum atomic E-state index is -0.522. The van der Waals surface area contributed by atoms with Gasteiger partial charge in [0.1, 0.15) is 0 Å². The largest absolute Gasteiger partial charge is 0.395 e. The molecule has 0 unspecified atom stereocenters. The van der Waals surface area contributed by atoms with E-state index >= 15 is 0 Å². The van der Waals surface area contributed by atoms with Crippen molar-refractivity contribution in [3.63, 3.8) is 0 Å². The summed E-state index contributed by atoms with van der Waals surface area (Å²) in [5.74, 6) is -0.522. The normalized spacial score (nSPS) is 15.9. The van der Waals surface area contributed by atoms with Gasteiger partial charge >= 0.3 is 0 Å². The van der Waals surface area contributed by atoms with Gasteiger partial charge in [0.05, 0.1) is 12.3 Å². The molecule has 6 nitrogen and oxygen atoms in total. The summed E-state index contributed by atoms with van der Waals surface area (Å²) in [4.78, 5) is 13.8. The SMILES string of the molecule is Cc1cc(C(N)=O)nn1-c1ccc(Cc2ccc(-c3ccc(CN4CCC[C@@H]4CO)cc3)cc2)cc1. The van der Waals surface area contributed by atoms with Crippen LogP contribution in [-0.4, -0.2) is 44.9 Å². The summed E-state index contributed by atoms with van der Waals surface area (Å²) in [7, 11) is 0. The molecule has 4 aromatic rings. The summed E-state index contributed by atoms with van der Waals surface area (Å²) in [6.07, 6.45) is 3.10. The Labute approximate surface area is 212 Å². The van der Waals surface area contributed by atoms with E-state index in [1.165, 1.54) is 34.2 Å². The highest BCUT2D eigenvalue weighted by molar-refractivity contribution is 5.90. The Kier molecular flexibility index (Phi) is 6.98. The van der Waals surface area contributed by atoms with Gasteiger partial charge in [-0.25, -0.2) is 4.68 Å². The molecule has 6 heteroatoms. The maximum atomic E-state index is 11.4. The van der Waals surface area contributed by atoms with Crippen LogP contribution in [0.1, 0.15) is 45.7 Å². The lowest BCUT2D eigenvalue weighted by atomic mass is 9.99. The van der Waals surface area contributed by atoms with Gasteiger partial charge in [-0.05, 0) is 78.7 Å². The van der Waals surface area contributed by atoms with Crippen LogP contribution < -0.4 is 5.73 Å². The van der Waals surface area contributed by atoms with E-state index in [0.29, 0.717) is 6.04 Å². The first-order chi connectivity index (χ1) is 17.5. The number of aromatic nitrogens is 2. The first-order valence-electron chi connectivity index (χ1n) is 12.5. The lowest BCUT2D eigenvalue weighted by Crippen LogP contribution is -2.31. The molecule has 0 saturated carbocycles. The summed E-state index contributed by atoms with van der Waals surface area (Å²) in [6, 6.07) is 27.7. The standard InChI is InChI=1S/C30H32N4O2/c1-21-17-29(30(31)36)32-34(21)27-14-8-23(9-15-27)18-22-4-10-25(11-5-22)26-12-6-24(7-13-26)19-33-16-2-3-28(33)20-35/h4-15,17,28,35H,2-3,16,18-20H2,1H3,(H2,31,36)/t28-/m1/s1. The van der Waals surface area contributed by atoms with Gasteiger partial charge in [-0.3, -0.25) is 9.69 Å². The molecule has 1 amide bonds. The predicted octanol–water partition coefficient (Wildman–Crippen LogP) is 4.49. The average Bonchev–Trinajstić information content (AvgIpc) is 3.52. The number of nitrogens with two attached hydrogens (primary N) is 1. The van der Waals surface area contributed by atoms with Crippen molar-refractivity contribution in [1.82, 2.24) is 14.7 Å². The van der Waals surface area contributed by atoms with Crippen LogP contribution in [0.5, 0.6) is 0 Å². The summed E-state index contributed by atoms with van der Waals surface area (Å²) in [5.41, 5.74) is 13.5. The Bertz CT molecular complexity index is 1330. The molecular weight excluding hydrogens is 448 g/mol. The van der Waals surface area contributed by atoms with Crippen molar-refractivity contribution in [2.75, 3.05) is 13.2 Å². The highest BCUT2D eigenvalue weighted by atomic mass is 16.3. The molecule has 0 radical (unpaired) electrons. The zero-order valence-corrected chi connectivity index (χ0v) is 20.6. The van der Waals surface area contributed by atoms with Crippen molar-refractivity contribution >= 4 is 5.91 Å². The first-order valence-corrected chi connectivity index (χ1v) is 12.5. The maximum Gasteiger partial charge on any atom is 0.269 e. The van der Waals surface area contributed by atoms with E-state index in [9.17, 15) is 9.90 Å². The fourth-order valence-corrected chi connectivity index (χ4v) is 5.01. The van der Waals surface area contributed by atoms with Crippen LogP contribution in [0, 0.1) is 6.92 Å². The van der Waals surface area contributed by atoms with Crippen LogP contribution in [-0.2, 0) is 13.0 Å². The van der Waals surface area contributed by atoms with Crippen molar-refractivity contribution in [2.45, 2.75) is 38.8 Å². The number of nitrogens with zero attached hydrogens (tertiary/aromatic N) is 3. The molecule has 2 heterocycles. The highest BCUT2D eigenvalue weighted by Crippen LogP contribution is 2.24. The number of primary amides is 1. The smallest absolute Gasteiger partial charge is 0.269 e. The number of benzene rings is 3. The van der Waals surface area contributed by atoms with Gasteiger partial charge in [0.25, 0.3) is 5.91 Å². The minimum absolute atomic E-state index is 0.246. The highest BCUT2D eigenvalue weighted by Gasteiger charge is 2.23. The molecule has 1 aromatic heterocycles. The zero-order valence-electron chi connectivity index (χ0n) is 20.6. The molecule has 5 rings (SSSR count). The molecular formula is C30H32N4O2. The number of aryl methyl sites for hydroxylation is 1. The molecule has 0 bridgehead atoms.